The number of aliphatic hydroxyl groups excluding tert-OH is 1. The Hall–Kier alpha value is -2.60. The van der Waals surface area contributed by atoms with Crippen LogP contribution in [0.1, 0.15) is 37.5 Å². The number of hydrogen-bond acceptors (Lipinski definition) is 5. The van der Waals surface area contributed by atoms with Crippen LogP contribution in [-0.4, -0.2) is 15.6 Å². The zero-order valence-electron chi connectivity index (χ0n) is 15.0. The first-order chi connectivity index (χ1) is 11.7. The van der Waals surface area contributed by atoms with Gasteiger partial charge in [-0.05, 0) is 57.0 Å². The van der Waals surface area contributed by atoms with Crippen molar-refractivity contribution in [1.82, 2.24) is 0 Å². The van der Waals surface area contributed by atoms with E-state index < -0.39 is 4.92 Å². The Labute approximate surface area is 147 Å². The Kier molecular flexibility index (Phi) is 5.64. The number of ether oxygens (including phenoxy) is 1. The van der Waals surface area contributed by atoms with E-state index in [1.807, 2.05) is 45.9 Å². The lowest BCUT2D eigenvalue weighted by Crippen LogP contribution is -2.24. The highest BCUT2D eigenvalue weighted by molar-refractivity contribution is 5.63. The maximum absolute atomic E-state index is 11.2. The molecule has 0 saturated carbocycles. The first-order valence-corrected chi connectivity index (χ1v) is 8.10. The van der Waals surface area contributed by atoms with Crippen molar-refractivity contribution in [3.63, 3.8) is 0 Å². The van der Waals surface area contributed by atoms with Crippen molar-refractivity contribution in [2.75, 3.05) is 5.32 Å². The number of nitrogens with zero attached hydrogens (tertiary/aromatic N) is 1. The minimum absolute atomic E-state index is 0.0254. The van der Waals surface area contributed by atoms with Gasteiger partial charge in [0.15, 0.2) is 0 Å². The summed E-state index contributed by atoms with van der Waals surface area (Å²) < 4.78 is 6.01. The third-order valence-corrected chi connectivity index (χ3v) is 3.55. The molecule has 0 saturated heterocycles. The molecule has 0 heterocycles. The molecular weight excluding hydrogens is 320 g/mol. The topological polar surface area (TPSA) is 84.6 Å². The molecule has 0 aromatic heterocycles. The summed E-state index contributed by atoms with van der Waals surface area (Å²) in [5, 5.41) is 23.6. The van der Waals surface area contributed by atoms with Gasteiger partial charge in [-0.3, -0.25) is 10.1 Å². The van der Waals surface area contributed by atoms with Crippen LogP contribution in [0, 0.1) is 17.0 Å². The number of anilines is 1. The van der Waals surface area contributed by atoms with Crippen molar-refractivity contribution in [3.05, 3.63) is 63.2 Å². The molecule has 0 unspecified atom stereocenters. The van der Waals surface area contributed by atoms with E-state index in [2.05, 4.69) is 5.32 Å². The van der Waals surface area contributed by atoms with Gasteiger partial charge in [0, 0.05) is 18.2 Å². The van der Waals surface area contributed by atoms with Crippen LogP contribution in [-0.2, 0) is 13.2 Å². The molecule has 6 nitrogen and oxygen atoms in total. The standard InChI is InChI=1S/C19H24N2O4/c1-13-5-7-15(18(9-13)25-19(2,3)4)11-20-16-10-14(12-22)6-8-17(16)21(23)24/h5-10,20,22H,11-12H2,1-4H3. The van der Waals surface area contributed by atoms with E-state index in [0.717, 1.165) is 16.9 Å². The molecule has 0 spiro atoms. The summed E-state index contributed by atoms with van der Waals surface area (Å²) in [7, 11) is 0. The highest BCUT2D eigenvalue weighted by Gasteiger charge is 2.17. The first kappa shape index (κ1) is 18.7. The quantitative estimate of drug-likeness (QED) is 0.606. The lowest BCUT2D eigenvalue weighted by atomic mass is 10.1. The molecule has 0 aliphatic rings. The lowest BCUT2D eigenvalue weighted by molar-refractivity contribution is -0.384. The number of nitro benzene ring substituents is 1. The Bertz CT molecular complexity index is 767. The van der Waals surface area contributed by atoms with Gasteiger partial charge >= 0.3 is 0 Å². The van der Waals surface area contributed by atoms with Crippen molar-refractivity contribution < 1.29 is 14.8 Å². The summed E-state index contributed by atoms with van der Waals surface area (Å²) in [5.41, 5.74) is 2.61. The highest BCUT2D eigenvalue weighted by atomic mass is 16.6. The van der Waals surface area contributed by atoms with Gasteiger partial charge in [-0.15, -0.1) is 0 Å². The second kappa shape index (κ2) is 7.53. The van der Waals surface area contributed by atoms with Gasteiger partial charge in [0.1, 0.15) is 17.0 Å². The van der Waals surface area contributed by atoms with Crippen LogP contribution in [0.15, 0.2) is 36.4 Å². The average molecular weight is 344 g/mol. The molecule has 25 heavy (non-hydrogen) atoms. The molecule has 2 N–H and O–H groups in total. The van der Waals surface area contributed by atoms with Gasteiger partial charge in [-0.2, -0.15) is 0 Å². The normalized spacial score (nSPS) is 11.2. The van der Waals surface area contributed by atoms with Crippen LogP contribution in [0.3, 0.4) is 0 Å². The zero-order chi connectivity index (χ0) is 18.6. The number of nitrogens with one attached hydrogen (secondary N) is 1. The second-order valence-electron chi connectivity index (χ2n) is 6.95. The molecule has 2 aromatic carbocycles. The number of rotatable bonds is 6. The van der Waals surface area contributed by atoms with Gasteiger partial charge in [-0.1, -0.05) is 12.1 Å². The first-order valence-electron chi connectivity index (χ1n) is 8.10. The molecule has 6 heteroatoms. The van der Waals surface area contributed by atoms with Crippen LogP contribution in [0.5, 0.6) is 5.75 Å². The fourth-order valence-corrected chi connectivity index (χ4v) is 2.41. The summed E-state index contributed by atoms with van der Waals surface area (Å²) in [6.45, 7) is 8.12. The predicted octanol–water partition coefficient (Wildman–Crippen LogP) is 4.18. The summed E-state index contributed by atoms with van der Waals surface area (Å²) in [4.78, 5) is 10.8. The number of aryl methyl sites for hydroxylation is 1. The molecular formula is C19H24N2O4. The smallest absolute Gasteiger partial charge is 0.292 e. The maximum Gasteiger partial charge on any atom is 0.292 e. The van der Waals surface area contributed by atoms with Crippen LogP contribution in [0.4, 0.5) is 11.4 Å². The number of aliphatic hydroxyl groups is 1. The van der Waals surface area contributed by atoms with Crippen molar-refractivity contribution in [3.8, 4) is 5.75 Å². The van der Waals surface area contributed by atoms with E-state index in [1.165, 1.54) is 6.07 Å². The monoisotopic (exact) mass is 344 g/mol. The minimum Gasteiger partial charge on any atom is -0.488 e. The molecule has 0 aliphatic carbocycles. The summed E-state index contributed by atoms with van der Waals surface area (Å²) in [5.74, 6) is 0.751. The van der Waals surface area contributed by atoms with Crippen molar-refractivity contribution in [1.29, 1.82) is 0 Å². The van der Waals surface area contributed by atoms with E-state index in [4.69, 9.17) is 4.74 Å². The van der Waals surface area contributed by atoms with Gasteiger partial charge in [-0.25, -0.2) is 0 Å². The fourth-order valence-electron chi connectivity index (χ4n) is 2.41. The summed E-state index contributed by atoms with van der Waals surface area (Å²) in [6, 6.07) is 10.4. The molecule has 2 rings (SSSR count). The van der Waals surface area contributed by atoms with Crippen molar-refractivity contribution in [2.24, 2.45) is 0 Å². The molecule has 0 bridgehead atoms. The maximum atomic E-state index is 11.2. The Morgan fingerprint density at radius 1 is 1.20 bits per heavy atom. The van der Waals surface area contributed by atoms with Crippen LogP contribution in [0.25, 0.3) is 0 Å². The molecule has 134 valence electrons. The average Bonchev–Trinajstić information content (AvgIpc) is 2.52. The largest absolute Gasteiger partial charge is 0.488 e. The predicted molar refractivity (Wildman–Crippen MR) is 97.9 cm³/mol. The Morgan fingerprint density at radius 2 is 1.92 bits per heavy atom. The second-order valence-corrected chi connectivity index (χ2v) is 6.95. The molecule has 0 amide bonds. The van der Waals surface area contributed by atoms with Gasteiger partial charge in [0.2, 0.25) is 0 Å². The van der Waals surface area contributed by atoms with Crippen LogP contribution in [0.2, 0.25) is 0 Å². The van der Waals surface area contributed by atoms with E-state index in [1.54, 1.807) is 12.1 Å². The number of benzene rings is 2. The third kappa shape index (κ3) is 5.19. The summed E-state index contributed by atoms with van der Waals surface area (Å²) >= 11 is 0. The van der Waals surface area contributed by atoms with Crippen LogP contribution < -0.4 is 10.1 Å². The molecule has 0 atom stereocenters. The fraction of sp³-hybridized carbons (Fsp3) is 0.368. The van der Waals surface area contributed by atoms with Crippen molar-refractivity contribution in [2.45, 2.75) is 46.4 Å². The van der Waals surface area contributed by atoms with E-state index in [0.29, 0.717) is 17.8 Å². The molecule has 0 radical (unpaired) electrons. The summed E-state index contributed by atoms with van der Waals surface area (Å²) in [6.07, 6.45) is 0. The van der Waals surface area contributed by atoms with E-state index >= 15 is 0 Å². The number of nitro groups is 1. The third-order valence-electron chi connectivity index (χ3n) is 3.55. The Morgan fingerprint density at radius 3 is 2.52 bits per heavy atom. The Balaban J connectivity index is 2.28. The van der Waals surface area contributed by atoms with Gasteiger partial charge < -0.3 is 15.2 Å². The zero-order valence-corrected chi connectivity index (χ0v) is 15.0. The van der Waals surface area contributed by atoms with E-state index in [9.17, 15) is 15.2 Å². The van der Waals surface area contributed by atoms with Crippen molar-refractivity contribution >= 4 is 11.4 Å². The molecule has 0 aliphatic heterocycles. The van der Waals surface area contributed by atoms with Gasteiger partial charge in [0.05, 0.1) is 11.5 Å². The lowest BCUT2D eigenvalue weighted by Gasteiger charge is -2.24. The van der Waals surface area contributed by atoms with Gasteiger partial charge in [0.25, 0.3) is 5.69 Å². The van der Waals surface area contributed by atoms with Crippen LogP contribution >= 0.6 is 0 Å². The SMILES string of the molecule is Cc1ccc(CNc2cc(CO)ccc2[N+](=O)[O-])c(OC(C)(C)C)c1. The molecule has 0 fully saturated rings. The number of hydrogen-bond donors (Lipinski definition) is 2. The van der Waals surface area contributed by atoms with E-state index in [-0.39, 0.29) is 17.9 Å². The highest BCUT2D eigenvalue weighted by Crippen LogP contribution is 2.29. The minimum atomic E-state index is -0.439. The molecule has 2 aromatic rings.